The highest BCUT2D eigenvalue weighted by Gasteiger charge is 2.03. The number of thioether (sulfide) groups is 1. The van der Waals surface area contributed by atoms with Crippen LogP contribution in [0.25, 0.3) is 0 Å². The zero-order valence-electron chi connectivity index (χ0n) is 17.6. The molecule has 1 heterocycles. The Labute approximate surface area is 178 Å². The van der Waals surface area contributed by atoms with Crippen LogP contribution in [0, 0.1) is 0 Å². The van der Waals surface area contributed by atoms with Crippen LogP contribution in [-0.4, -0.2) is 42.6 Å². The molecule has 1 aromatic heterocycles. The van der Waals surface area contributed by atoms with Crippen LogP contribution in [0.3, 0.4) is 0 Å². The lowest BCUT2D eigenvalue weighted by Crippen LogP contribution is -2.37. The van der Waals surface area contributed by atoms with E-state index in [1.165, 1.54) is 12.2 Å². The minimum atomic E-state index is 0.553. The third kappa shape index (κ3) is 9.09. The normalized spacial score (nSPS) is 11.2. The summed E-state index contributed by atoms with van der Waals surface area (Å²) in [6.07, 6.45) is 6.24. The largest absolute Gasteiger partial charge is 0.494 e. The second-order valence-electron chi connectivity index (χ2n) is 6.33. The summed E-state index contributed by atoms with van der Waals surface area (Å²) in [5.74, 6) is 4.14. The number of nitrogens with one attached hydrogen (secondary N) is 2. The summed E-state index contributed by atoms with van der Waals surface area (Å²) in [5, 5.41) is 6.68. The van der Waals surface area contributed by atoms with Crippen LogP contribution >= 0.6 is 11.8 Å². The average molecular weight is 417 g/mol. The Kier molecular flexibility index (Phi) is 10.8. The summed E-state index contributed by atoms with van der Waals surface area (Å²) >= 11 is 1.89. The van der Waals surface area contributed by atoms with E-state index in [1.807, 2.05) is 55.1 Å². The third-order valence-corrected chi connectivity index (χ3v) is 4.68. The van der Waals surface area contributed by atoms with Crippen molar-refractivity contribution in [2.45, 2.75) is 33.2 Å². The molecule has 6 nitrogen and oxygen atoms in total. The lowest BCUT2D eigenvalue weighted by Gasteiger charge is -2.11. The van der Waals surface area contributed by atoms with E-state index in [2.05, 4.69) is 33.8 Å². The van der Waals surface area contributed by atoms with Crippen molar-refractivity contribution >= 4 is 17.7 Å². The van der Waals surface area contributed by atoms with Crippen LogP contribution in [0.2, 0.25) is 0 Å². The van der Waals surface area contributed by atoms with E-state index in [9.17, 15) is 0 Å². The zero-order valence-corrected chi connectivity index (χ0v) is 18.4. The number of nitrogens with zero attached hydrogens (tertiary/aromatic N) is 2. The molecule has 0 aliphatic heterocycles. The quantitative estimate of drug-likeness (QED) is 0.302. The standard InChI is InChI=1S/C22H32N4O2S/c1-4-23-22(25-13-6-7-15-29-3)26-17-18-12-14-24-21(16-18)28-20-10-8-19(9-11-20)27-5-2/h8-12,14,16H,4-7,13,15,17H2,1-3H3,(H2,23,25,26). The van der Waals surface area contributed by atoms with Gasteiger partial charge in [0.2, 0.25) is 5.88 Å². The third-order valence-electron chi connectivity index (χ3n) is 3.99. The van der Waals surface area contributed by atoms with Gasteiger partial charge in [0.05, 0.1) is 13.2 Å². The molecule has 158 valence electrons. The first-order valence-electron chi connectivity index (χ1n) is 10.1. The first kappa shape index (κ1) is 22.9. The molecule has 0 saturated carbocycles. The van der Waals surface area contributed by atoms with Crippen LogP contribution in [0.1, 0.15) is 32.3 Å². The topological polar surface area (TPSA) is 67.8 Å². The molecule has 0 aliphatic carbocycles. The van der Waals surface area contributed by atoms with E-state index in [0.29, 0.717) is 19.0 Å². The predicted molar refractivity (Wildman–Crippen MR) is 122 cm³/mol. The van der Waals surface area contributed by atoms with E-state index < -0.39 is 0 Å². The molecule has 0 unspecified atom stereocenters. The fourth-order valence-electron chi connectivity index (χ4n) is 2.59. The number of unbranched alkanes of at least 4 members (excludes halogenated alkanes) is 1. The molecule has 0 aliphatic rings. The van der Waals surface area contributed by atoms with E-state index in [1.54, 1.807) is 6.20 Å². The smallest absolute Gasteiger partial charge is 0.219 e. The van der Waals surface area contributed by atoms with Crippen LogP contribution in [0.4, 0.5) is 0 Å². The number of guanidine groups is 1. The molecule has 0 bridgehead atoms. The van der Waals surface area contributed by atoms with Crippen LogP contribution in [0.15, 0.2) is 47.6 Å². The lowest BCUT2D eigenvalue weighted by molar-refractivity contribution is 0.339. The zero-order chi connectivity index (χ0) is 20.7. The van der Waals surface area contributed by atoms with Gasteiger partial charge in [-0.25, -0.2) is 9.98 Å². The Morgan fingerprint density at radius 3 is 2.59 bits per heavy atom. The number of hydrogen-bond acceptors (Lipinski definition) is 5. The van der Waals surface area contributed by atoms with Gasteiger partial charge in [0.1, 0.15) is 11.5 Å². The fraction of sp³-hybridized carbons (Fsp3) is 0.455. The average Bonchev–Trinajstić information content (AvgIpc) is 2.74. The molecular weight excluding hydrogens is 384 g/mol. The number of rotatable bonds is 12. The van der Waals surface area contributed by atoms with Crippen molar-refractivity contribution in [3.8, 4) is 17.4 Å². The van der Waals surface area contributed by atoms with Crippen molar-refractivity contribution < 1.29 is 9.47 Å². The lowest BCUT2D eigenvalue weighted by atomic mass is 10.2. The Morgan fingerprint density at radius 2 is 1.86 bits per heavy atom. The molecule has 0 spiro atoms. The molecule has 0 amide bonds. The fourth-order valence-corrected chi connectivity index (χ4v) is 3.08. The molecule has 2 aromatic rings. The Bertz CT molecular complexity index is 738. The Morgan fingerprint density at radius 1 is 1.07 bits per heavy atom. The minimum absolute atomic E-state index is 0.553. The first-order valence-corrected chi connectivity index (χ1v) is 11.5. The van der Waals surface area contributed by atoms with Gasteiger partial charge in [0.25, 0.3) is 0 Å². The van der Waals surface area contributed by atoms with Crippen LogP contribution in [0.5, 0.6) is 17.4 Å². The first-order chi connectivity index (χ1) is 14.2. The molecule has 2 N–H and O–H groups in total. The summed E-state index contributed by atoms with van der Waals surface area (Å²) in [6, 6.07) is 11.4. The SMILES string of the molecule is CCNC(=NCc1ccnc(Oc2ccc(OCC)cc2)c1)NCCCCSC. The molecule has 0 fully saturated rings. The monoisotopic (exact) mass is 416 g/mol. The van der Waals surface area contributed by atoms with Gasteiger partial charge in [-0.05, 0) is 74.6 Å². The molecule has 0 atom stereocenters. The van der Waals surface area contributed by atoms with Gasteiger partial charge >= 0.3 is 0 Å². The van der Waals surface area contributed by atoms with Gasteiger partial charge in [-0.2, -0.15) is 11.8 Å². The second kappa shape index (κ2) is 13.7. The van der Waals surface area contributed by atoms with E-state index in [4.69, 9.17) is 9.47 Å². The molecule has 7 heteroatoms. The van der Waals surface area contributed by atoms with E-state index >= 15 is 0 Å². The highest BCUT2D eigenvalue weighted by Crippen LogP contribution is 2.23. The number of pyridine rings is 1. The summed E-state index contributed by atoms with van der Waals surface area (Å²) in [4.78, 5) is 8.97. The second-order valence-corrected chi connectivity index (χ2v) is 7.32. The molecule has 1 aromatic carbocycles. The summed E-state index contributed by atoms with van der Waals surface area (Å²) in [7, 11) is 0. The van der Waals surface area contributed by atoms with Crippen molar-refractivity contribution in [2.75, 3.05) is 31.7 Å². The maximum atomic E-state index is 5.86. The number of aromatic nitrogens is 1. The molecule has 2 rings (SSSR count). The number of aliphatic imine (C=N–C) groups is 1. The molecular formula is C22H32N4O2S. The van der Waals surface area contributed by atoms with Crippen LogP contribution < -0.4 is 20.1 Å². The summed E-state index contributed by atoms with van der Waals surface area (Å²) in [6.45, 7) is 6.99. The number of ether oxygens (including phenoxy) is 2. The minimum Gasteiger partial charge on any atom is -0.494 e. The van der Waals surface area contributed by atoms with Crippen LogP contribution in [-0.2, 0) is 6.54 Å². The number of hydrogen-bond donors (Lipinski definition) is 2. The van der Waals surface area contributed by atoms with Gasteiger partial charge in [0.15, 0.2) is 5.96 Å². The van der Waals surface area contributed by atoms with Crippen molar-refractivity contribution in [3.05, 3.63) is 48.2 Å². The van der Waals surface area contributed by atoms with Gasteiger partial charge in [0, 0.05) is 25.4 Å². The highest BCUT2D eigenvalue weighted by atomic mass is 32.2. The highest BCUT2D eigenvalue weighted by molar-refractivity contribution is 7.98. The molecule has 29 heavy (non-hydrogen) atoms. The van der Waals surface area contributed by atoms with Crippen molar-refractivity contribution in [1.82, 2.24) is 15.6 Å². The van der Waals surface area contributed by atoms with E-state index in [-0.39, 0.29) is 0 Å². The van der Waals surface area contributed by atoms with Gasteiger partial charge < -0.3 is 20.1 Å². The maximum Gasteiger partial charge on any atom is 0.219 e. The Balaban J connectivity index is 1.91. The van der Waals surface area contributed by atoms with Gasteiger partial charge in [-0.3, -0.25) is 0 Å². The Hall–Kier alpha value is -2.41. The van der Waals surface area contributed by atoms with E-state index in [0.717, 1.165) is 42.5 Å². The predicted octanol–water partition coefficient (Wildman–Crippen LogP) is 4.47. The number of benzene rings is 1. The van der Waals surface area contributed by atoms with Crippen molar-refractivity contribution in [1.29, 1.82) is 0 Å². The molecule has 0 saturated heterocycles. The molecule has 0 radical (unpaired) electrons. The van der Waals surface area contributed by atoms with Gasteiger partial charge in [-0.1, -0.05) is 0 Å². The van der Waals surface area contributed by atoms with Crippen molar-refractivity contribution in [2.24, 2.45) is 4.99 Å². The van der Waals surface area contributed by atoms with Crippen molar-refractivity contribution in [3.63, 3.8) is 0 Å². The summed E-state index contributed by atoms with van der Waals surface area (Å²) in [5.41, 5.74) is 1.04. The van der Waals surface area contributed by atoms with Gasteiger partial charge in [-0.15, -0.1) is 0 Å². The maximum absolute atomic E-state index is 5.86. The summed E-state index contributed by atoms with van der Waals surface area (Å²) < 4.78 is 11.3.